The van der Waals surface area contributed by atoms with E-state index in [1.807, 2.05) is 51.1 Å². The Hall–Kier alpha value is -2.92. The number of aliphatic hydroxyl groups is 1. The molecule has 0 spiro atoms. The van der Waals surface area contributed by atoms with Crippen LogP contribution in [0.25, 0.3) is 11.3 Å². The van der Waals surface area contributed by atoms with Gasteiger partial charge in [-0.1, -0.05) is 62.7 Å². The van der Waals surface area contributed by atoms with Crippen molar-refractivity contribution in [1.82, 2.24) is 9.97 Å². The van der Waals surface area contributed by atoms with Crippen molar-refractivity contribution in [3.05, 3.63) is 88.2 Å². The van der Waals surface area contributed by atoms with Gasteiger partial charge >= 0.3 is 0 Å². The smallest absolute Gasteiger partial charge is 0.148 e. The van der Waals surface area contributed by atoms with Gasteiger partial charge in [-0.2, -0.15) is 0 Å². The number of ether oxygens (including phenoxy) is 1. The molecule has 0 saturated heterocycles. The Morgan fingerprint density at radius 2 is 1.73 bits per heavy atom. The van der Waals surface area contributed by atoms with E-state index >= 15 is 0 Å². The van der Waals surface area contributed by atoms with Gasteiger partial charge in [0.2, 0.25) is 0 Å². The maximum Gasteiger partial charge on any atom is 0.148 e. The fourth-order valence-electron chi connectivity index (χ4n) is 3.11. The molecule has 0 bridgehead atoms. The monoisotopic (exact) mass is 426 g/mol. The SMILES string of the molecule is C/C(=C(/O)c1nccnc1C(C)(C)C)c1c(F)ccc(Cl)c1OCc1ccccc1. The molecule has 3 rings (SSSR count). The normalized spacial score (nSPS) is 12.5. The second-order valence-corrected chi connectivity index (χ2v) is 8.39. The molecule has 0 aliphatic carbocycles. The molecule has 6 heteroatoms. The van der Waals surface area contributed by atoms with Crippen molar-refractivity contribution < 1.29 is 14.2 Å². The van der Waals surface area contributed by atoms with Gasteiger partial charge in [-0.15, -0.1) is 0 Å². The Morgan fingerprint density at radius 3 is 2.40 bits per heavy atom. The average Bonchev–Trinajstić information content (AvgIpc) is 2.73. The minimum absolute atomic E-state index is 0.0986. The van der Waals surface area contributed by atoms with Crippen LogP contribution in [0.3, 0.4) is 0 Å². The number of allylic oxidation sites excluding steroid dienone is 1. The molecular formula is C24H24ClFN2O2. The van der Waals surface area contributed by atoms with Crippen molar-refractivity contribution >= 4 is 22.9 Å². The van der Waals surface area contributed by atoms with E-state index in [1.54, 1.807) is 13.1 Å². The first-order chi connectivity index (χ1) is 14.2. The van der Waals surface area contributed by atoms with E-state index in [9.17, 15) is 9.50 Å². The van der Waals surface area contributed by atoms with Gasteiger partial charge in [-0.3, -0.25) is 4.98 Å². The number of aromatic nitrogens is 2. The molecule has 0 saturated carbocycles. The molecule has 0 unspecified atom stereocenters. The van der Waals surface area contributed by atoms with Gasteiger partial charge in [0.15, 0.2) is 0 Å². The molecular weight excluding hydrogens is 403 g/mol. The highest BCUT2D eigenvalue weighted by molar-refractivity contribution is 6.32. The summed E-state index contributed by atoms with van der Waals surface area (Å²) in [5.74, 6) is -0.544. The molecule has 0 radical (unpaired) electrons. The standard InChI is InChI=1S/C24H24ClFN2O2/c1-15(21(29)20-23(24(2,3)4)28-13-12-27-20)19-18(26)11-10-17(25)22(19)30-14-16-8-6-5-7-9-16/h5-13,29H,14H2,1-4H3/b21-15-. The molecule has 2 aromatic carbocycles. The van der Waals surface area contributed by atoms with Gasteiger partial charge in [-0.25, -0.2) is 9.37 Å². The van der Waals surface area contributed by atoms with Gasteiger partial charge in [-0.05, 0) is 24.6 Å². The van der Waals surface area contributed by atoms with Crippen LogP contribution < -0.4 is 4.74 Å². The van der Waals surface area contributed by atoms with Crippen LogP contribution in [0, 0.1) is 5.82 Å². The largest absolute Gasteiger partial charge is 0.505 e. The number of benzene rings is 2. The number of rotatable bonds is 5. The van der Waals surface area contributed by atoms with Gasteiger partial charge in [0.25, 0.3) is 0 Å². The maximum absolute atomic E-state index is 14.9. The second-order valence-electron chi connectivity index (χ2n) is 7.98. The highest BCUT2D eigenvalue weighted by atomic mass is 35.5. The summed E-state index contributed by atoms with van der Waals surface area (Å²) in [6.07, 6.45) is 3.07. The van der Waals surface area contributed by atoms with E-state index in [-0.39, 0.29) is 39.7 Å². The van der Waals surface area contributed by atoms with Crippen LogP contribution in [0.5, 0.6) is 5.75 Å². The molecule has 0 fully saturated rings. The van der Waals surface area contributed by atoms with Crippen molar-refractivity contribution in [1.29, 1.82) is 0 Å². The van der Waals surface area contributed by atoms with Gasteiger partial charge in [0, 0.05) is 23.4 Å². The van der Waals surface area contributed by atoms with E-state index in [0.29, 0.717) is 11.4 Å². The van der Waals surface area contributed by atoms with Crippen LogP contribution in [0.4, 0.5) is 4.39 Å². The predicted octanol–water partition coefficient (Wildman–Crippen LogP) is 6.59. The molecule has 3 aromatic rings. The summed E-state index contributed by atoms with van der Waals surface area (Å²) in [5.41, 5.74) is 1.83. The summed E-state index contributed by atoms with van der Waals surface area (Å²) in [6.45, 7) is 7.73. The number of hydrogen-bond acceptors (Lipinski definition) is 4. The third-order valence-electron chi connectivity index (χ3n) is 4.65. The lowest BCUT2D eigenvalue weighted by molar-refractivity contribution is 0.303. The zero-order valence-corrected chi connectivity index (χ0v) is 18.2. The fourth-order valence-corrected chi connectivity index (χ4v) is 3.32. The molecule has 0 atom stereocenters. The minimum atomic E-state index is -0.548. The first-order valence-electron chi connectivity index (χ1n) is 9.57. The topological polar surface area (TPSA) is 55.2 Å². The molecule has 1 heterocycles. The minimum Gasteiger partial charge on any atom is -0.505 e. The van der Waals surface area contributed by atoms with Crippen molar-refractivity contribution in [3.8, 4) is 5.75 Å². The van der Waals surface area contributed by atoms with Crippen molar-refractivity contribution in [2.75, 3.05) is 0 Å². The molecule has 0 aliphatic rings. The first-order valence-corrected chi connectivity index (χ1v) is 9.94. The molecule has 0 amide bonds. The molecule has 1 N–H and O–H groups in total. The first kappa shape index (κ1) is 21.8. The molecule has 1 aromatic heterocycles. The van der Waals surface area contributed by atoms with Gasteiger partial charge < -0.3 is 9.84 Å². The van der Waals surface area contributed by atoms with Crippen molar-refractivity contribution in [2.24, 2.45) is 0 Å². The van der Waals surface area contributed by atoms with Gasteiger partial charge in [0.05, 0.1) is 16.3 Å². The molecule has 30 heavy (non-hydrogen) atoms. The Kier molecular flexibility index (Phi) is 6.42. The average molecular weight is 427 g/mol. The van der Waals surface area contributed by atoms with Crippen LogP contribution in [0.2, 0.25) is 5.02 Å². The highest BCUT2D eigenvalue weighted by Gasteiger charge is 2.26. The lowest BCUT2D eigenvalue weighted by Gasteiger charge is -2.21. The summed E-state index contributed by atoms with van der Waals surface area (Å²) in [5, 5.41) is 11.3. The summed E-state index contributed by atoms with van der Waals surface area (Å²) < 4.78 is 20.8. The molecule has 0 aliphatic heterocycles. The Morgan fingerprint density at radius 1 is 1.07 bits per heavy atom. The quantitative estimate of drug-likeness (QED) is 0.467. The van der Waals surface area contributed by atoms with E-state index < -0.39 is 5.82 Å². The Bertz CT molecular complexity index is 1080. The van der Waals surface area contributed by atoms with E-state index in [1.165, 1.54) is 18.3 Å². The summed E-state index contributed by atoms with van der Waals surface area (Å²) >= 11 is 6.34. The maximum atomic E-state index is 14.9. The number of nitrogens with zero attached hydrogens (tertiary/aromatic N) is 2. The summed E-state index contributed by atoms with van der Waals surface area (Å²) in [6, 6.07) is 12.2. The molecule has 156 valence electrons. The third-order valence-corrected chi connectivity index (χ3v) is 4.95. The van der Waals surface area contributed by atoms with E-state index in [0.717, 1.165) is 5.56 Å². The fraction of sp³-hybridized carbons (Fsp3) is 0.250. The summed E-state index contributed by atoms with van der Waals surface area (Å²) in [7, 11) is 0. The van der Waals surface area contributed by atoms with Crippen molar-refractivity contribution in [3.63, 3.8) is 0 Å². The Balaban J connectivity index is 2.10. The second kappa shape index (κ2) is 8.84. The number of aliphatic hydroxyl groups excluding tert-OH is 1. The molecule has 4 nitrogen and oxygen atoms in total. The van der Waals surface area contributed by atoms with Crippen molar-refractivity contribution in [2.45, 2.75) is 39.7 Å². The van der Waals surface area contributed by atoms with Crippen LogP contribution in [-0.4, -0.2) is 15.1 Å². The van der Waals surface area contributed by atoms with Crippen LogP contribution >= 0.6 is 11.6 Å². The number of halogens is 2. The van der Waals surface area contributed by atoms with E-state index in [4.69, 9.17) is 16.3 Å². The van der Waals surface area contributed by atoms with Crippen LogP contribution in [0.1, 0.15) is 50.2 Å². The zero-order chi connectivity index (χ0) is 21.9. The summed E-state index contributed by atoms with van der Waals surface area (Å²) in [4.78, 5) is 8.68. The Labute approximate surface area is 181 Å². The van der Waals surface area contributed by atoms with Crippen LogP contribution in [0.15, 0.2) is 54.9 Å². The number of hydrogen-bond donors (Lipinski definition) is 1. The lowest BCUT2D eigenvalue weighted by atomic mass is 9.89. The predicted molar refractivity (Wildman–Crippen MR) is 118 cm³/mol. The van der Waals surface area contributed by atoms with E-state index in [2.05, 4.69) is 9.97 Å². The zero-order valence-electron chi connectivity index (χ0n) is 17.4. The van der Waals surface area contributed by atoms with Crippen LogP contribution in [-0.2, 0) is 12.0 Å². The highest BCUT2D eigenvalue weighted by Crippen LogP contribution is 2.39. The van der Waals surface area contributed by atoms with Gasteiger partial charge in [0.1, 0.15) is 29.6 Å². The lowest BCUT2D eigenvalue weighted by Crippen LogP contribution is -2.17. The third kappa shape index (κ3) is 4.62.